The fourth-order valence-electron chi connectivity index (χ4n) is 2.38. The van der Waals surface area contributed by atoms with E-state index >= 15 is 0 Å². The Balaban J connectivity index is 2.04. The Kier molecular flexibility index (Phi) is 3.57. The molecule has 0 unspecified atom stereocenters. The lowest BCUT2D eigenvalue weighted by atomic mass is 10.1. The van der Waals surface area contributed by atoms with E-state index in [0.717, 1.165) is 6.26 Å². The van der Waals surface area contributed by atoms with E-state index in [4.69, 9.17) is 5.11 Å². The summed E-state index contributed by atoms with van der Waals surface area (Å²) in [4.78, 5) is 24.8. The molecule has 0 spiro atoms. The number of sulfonamides is 1. The molecule has 2 rings (SSSR count). The van der Waals surface area contributed by atoms with Crippen LogP contribution in [-0.4, -0.2) is 67.0 Å². The second kappa shape index (κ2) is 4.75. The first-order chi connectivity index (χ1) is 8.77. The van der Waals surface area contributed by atoms with Crippen molar-refractivity contribution in [1.82, 2.24) is 9.21 Å². The number of carboxylic acids is 1. The van der Waals surface area contributed by atoms with Crippen LogP contribution in [0.25, 0.3) is 0 Å². The van der Waals surface area contributed by atoms with Crippen molar-refractivity contribution in [2.45, 2.75) is 19.3 Å². The van der Waals surface area contributed by atoms with Gasteiger partial charge >= 0.3 is 5.97 Å². The van der Waals surface area contributed by atoms with Gasteiger partial charge in [0.15, 0.2) is 0 Å². The highest BCUT2D eigenvalue weighted by Crippen LogP contribution is 2.47. The molecule has 1 aliphatic carbocycles. The Hall–Kier alpha value is -1.15. The lowest BCUT2D eigenvalue weighted by Crippen LogP contribution is -2.43. The standard InChI is InChI=1S/C11H18N2O5S/c1-19(17,18)13-6-2-5-12(7-8-13)9(14)11(3-4-11)10(15)16/h2-8H2,1H3,(H,15,16). The summed E-state index contributed by atoms with van der Waals surface area (Å²) in [5, 5.41) is 9.10. The normalized spacial score (nSPS) is 23.7. The number of carboxylic acid groups (broad SMARTS) is 1. The fourth-order valence-corrected chi connectivity index (χ4v) is 3.25. The third-order valence-corrected chi connectivity index (χ3v) is 5.08. The van der Waals surface area contributed by atoms with Gasteiger partial charge in [-0.2, -0.15) is 0 Å². The maximum atomic E-state index is 12.2. The number of nitrogens with zero attached hydrogens (tertiary/aromatic N) is 2. The van der Waals surface area contributed by atoms with Crippen molar-refractivity contribution in [2.75, 3.05) is 32.4 Å². The Labute approximate surface area is 112 Å². The minimum Gasteiger partial charge on any atom is -0.480 e. The lowest BCUT2D eigenvalue weighted by Gasteiger charge is -2.24. The fraction of sp³-hybridized carbons (Fsp3) is 0.818. The summed E-state index contributed by atoms with van der Waals surface area (Å²) >= 11 is 0. The highest BCUT2D eigenvalue weighted by molar-refractivity contribution is 7.88. The van der Waals surface area contributed by atoms with Crippen molar-refractivity contribution in [2.24, 2.45) is 5.41 Å². The van der Waals surface area contributed by atoms with Crippen LogP contribution in [-0.2, 0) is 19.6 Å². The molecule has 2 fully saturated rings. The van der Waals surface area contributed by atoms with Gasteiger partial charge in [0.25, 0.3) is 0 Å². The smallest absolute Gasteiger partial charge is 0.319 e. The van der Waals surface area contributed by atoms with Gasteiger partial charge in [-0.1, -0.05) is 0 Å². The molecule has 1 saturated carbocycles. The minimum absolute atomic E-state index is 0.236. The predicted molar refractivity (Wildman–Crippen MR) is 66.9 cm³/mol. The van der Waals surface area contributed by atoms with E-state index in [1.807, 2.05) is 0 Å². The molecule has 1 amide bonds. The van der Waals surface area contributed by atoms with Crippen molar-refractivity contribution >= 4 is 21.9 Å². The molecule has 0 bridgehead atoms. The maximum Gasteiger partial charge on any atom is 0.319 e. The van der Waals surface area contributed by atoms with Gasteiger partial charge in [0.2, 0.25) is 15.9 Å². The van der Waals surface area contributed by atoms with Crippen LogP contribution in [0.3, 0.4) is 0 Å². The van der Waals surface area contributed by atoms with Gasteiger partial charge in [-0.15, -0.1) is 0 Å². The SMILES string of the molecule is CS(=O)(=O)N1CCCN(C(=O)C2(C(=O)O)CC2)CC1. The number of rotatable bonds is 3. The summed E-state index contributed by atoms with van der Waals surface area (Å²) < 4.78 is 24.3. The first kappa shape index (κ1) is 14.3. The average Bonchev–Trinajstić information content (AvgIpc) is 3.12. The number of amides is 1. The molecule has 108 valence electrons. The van der Waals surface area contributed by atoms with E-state index in [0.29, 0.717) is 32.4 Å². The number of carbonyl (C=O) groups excluding carboxylic acids is 1. The van der Waals surface area contributed by atoms with Crippen molar-refractivity contribution in [3.05, 3.63) is 0 Å². The highest BCUT2D eigenvalue weighted by Gasteiger charge is 2.58. The van der Waals surface area contributed by atoms with Gasteiger partial charge < -0.3 is 10.0 Å². The van der Waals surface area contributed by atoms with E-state index < -0.39 is 21.4 Å². The molecule has 0 aromatic heterocycles. The molecule has 0 aromatic carbocycles. The van der Waals surface area contributed by atoms with E-state index in [9.17, 15) is 18.0 Å². The topological polar surface area (TPSA) is 95.0 Å². The Morgan fingerprint density at radius 2 is 1.74 bits per heavy atom. The molecule has 1 aliphatic heterocycles. The molecule has 1 saturated heterocycles. The molecule has 0 atom stereocenters. The lowest BCUT2D eigenvalue weighted by molar-refractivity contribution is -0.153. The monoisotopic (exact) mass is 290 g/mol. The molecule has 7 nitrogen and oxygen atoms in total. The molecule has 1 N–H and O–H groups in total. The molecular formula is C11H18N2O5S. The summed E-state index contributed by atoms with van der Waals surface area (Å²) in [5.41, 5.74) is -1.24. The van der Waals surface area contributed by atoms with Crippen molar-refractivity contribution in [3.8, 4) is 0 Å². The van der Waals surface area contributed by atoms with Crippen LogP contribution in [0.5, 0.6) is 0 Å². The van der Waals surface area contributed by atoms with Crippen LogP contribution in [0.15, 0.2) is 0 Å². The number of aliphatic carboxylic acids is 1. The molecule has 19 heavy (non-hydrogen) atoms. The van der Waals surface area contributed by atoms with Crippen LogP contribution in [0.4, 0.5) is 0 Å². The molecular weight excluding hydrogens is 272 g/mol. The van der Waals surface area contributed by atoms with Crippen molar-refractivity contribution in [3.63, 3.8) is 0 Å². The summed E-state index contributed by atoms with van der Waals surface area (Å²) in [6.45, 7) is 1.30. The average molecular weight is 290 g/mol. The number of carbonyl (C=O) groups is 2. The zero-order valence-corrected chi connectivity index (χ0v) is 11.6. The van der Waals surface area contributed by atoms with E-state index in [1.165, 1.54) is 9.21 Å². The first-order valence-electron chi connectivity index (χ1n) is 6.25. The summed E-state index contributed by atoms with van der Waals surface area (Å²) in [6.07, 6.45) is 2.44. The Morgan fingerprint density at radius 3 is 2.21 bits per heavy atom. The second-order valence-electron chi connectivity index (χ2n) is 5.20. The van der Waals surface area contributed by atoms with Gasteiger partial charge in [-0.25, -0.2) is 12.7 Å². The number of hydrogen-bond donors (Lipinski definition) is 1. The summed E-state index contributed by atoms with van der Waals surface area (Å²) in [5.74, 6) is -1.43. The Morgan fingerprint density at radius 1 is 1.11 bits per heavy atom. The molecule has 0 radical (unpaired) electrons. The highest BCUT2D eigenvalue weighted by atomic mass is 32.2. The van der Waals surface area contributed by atoms with Crippen LogP contribution < -0.4 is 0 Å². The van der Waals surface area contributed by atoms with Gasteiger partial charge in [-0.05, 0) is 19.3 Å². The summed E-state index contributed by atoms with van der Waals surface area (Å²) in [7, 11) is -3.26. The van der Waals surface area contributed by atoms with E-state index in [2.05, 4.69) is 0 Å². The van der Waals surface area contributed by atoms with Gasteiger partial charge in [-0.3, -0.25) is 9.59 Å². The summed E-state index contributed by atoms with van der Waals surface area (Å²) in [6, 6.07) is 0. The van der Waals surface area contributed by atoms with E-state index in [1.54, 1.807) is 0 Å². The quantitative estimate of drug-likeness (QED) is 0.697. The molecule has 1 heterocycles. The second-order valence-corrected chi connectivity index (χ2v) is 7.18. The van der Waals surface area contributed by atoms with E-state index in [-0.39, 0.29) is 19.0 Å². The largest absolute Gasteiger partial charge is 0.480 e. The van der Waals surface area contributed by atoms with Gasteiger partial charge in [0, 0.05) is 26.2 Å². The van der Waals surface area contributed by atoms with Crippen LogP contribution >= 0.6 is 0 Å². The zero-order chi connectivity index (χ0) is 14.3. The minimum atomic E-state index is -3.26. The molecule has 8 heteroatoms. The third kappa shape index (κ3) is 2.74. The van der Waals surface area contributed by atoms with Gasteiger partial charge in [0.1, 0.15) is 5.41 Å². The van der Waals surface area contributed by atoms with Gasteiger partial charge in [0.05, 0.1) is 6.26 Å². The molecule has 2 aliphatic rings. The van der Waals surface area contributed by atoms with Crippen molar-refractivity contribution in [1.29, 1.82) is 0 Å². The van der Waals surface area contributed by atoms with Crippen molar-refractivity contribution < 1.29 is 23.1 Å². The maximum absolute atomic E-state index is 12.2. The van der Waals surface area contributed by atoms with Crippen LogP contribution in [0.1, 0.15) is 19.3 Å². The van der Waals surface area contributed by atoms with Crippen LogP contribution in [0, 0.1) is 5.41 Å². The molecule has 0 aromatic rings. The first-order valence-corrected chi connectivity index (χ1v) is 8.10. The Bertz CT molecular complexity index is 497. The number of hydrogen-bond acceptors (Lipinski definition) is 4. The third-order valence-electron chi connectivity index (χ3n) is 3.78. The zero-order valence-electron chi connectivity index (χ0n) is 10.8. The predicted octanol–water partition coefficient (Wildman–Crippen LogP) is -0.655. The van der Waals surface area contributed by atoms with Crippen LogP contribution in [0.2, 0.25) is 0 Å².